The fraction of sp³-hybridized carbons (Fsp3) is 0.455. The second-order valence-corrected chi connectivity index (χ2v) is 6.07. The molecule has 1 aliphatic heterocycles. The first kappa shape index (κ1) is 12.7. The highest BCUT2D eigenvalue weighted by Crippen LogP contribution is 2.34. The van der Waals surface area contributed by atoms with Gasteiger partial charge in [0, 0.05) is 34.6 Å². The van der Waals surface area contributed by atoms with E-state index in [0.29, 0.717) is 6.04 Å². The minimum absolute atomic E-state index is 0.179. The molecule has 1 unspecified atom stereocenters. The van der Waals surface area contributed by atoms with E-state index in [1.165, 1.54) is 0 Å². The fourth-order valence-electron chi connectivity index (χ4n) is 1.97. The fourth-order valence-corrected chi connectivity index (χ4v) is 3.33. The van der Waals surface area contributed by atoms with Crippen LogP contribution >= 0.6 is 27.7 Å². The van der Waals surface area contributed by atoms with Crippen molar-refractivity contribution in [3.63, 3.8) is 0 Å². The predicted molar refractivity (Wildman–Crippen MR) is 74.9 cm³/mol. The van der Waals surface area contributed by atoms with Gasteiger partial charge in [-0.3, -0.25) is 10.1 Å². The molecule has 0 spiro atoms. The SMILES string of the molecule is CC1CSCCN1c1ccc(Br)cc1[N+](=O)[O-]. The monoisotopic (exact) mass is 316 g/mol. The van der Waals surface area contributed by atoms with E-state index in [0.717, 1.165) is 28.2 Å². The highest BCUT2D eigenvalue weighted by Gasteiger charge is 2.25. The summed E-state index contributed by atoms with van der Waals surface area (Å²) >= 11 is 5.17. The third kappa shape index (κ3) is 2.74. The molecular weight excluding hydrogens is 304 g/mol. The number of nitrogens with zero attached hydrogens (tertiary/aromatic N) is 2. The van der Waals surface area contributed by atoms with Crippen molar-refractivity contribution in [2.45, 2.75) is 13.0 Å². The molecule has 1 aromatic rings. The molecule has 92 valence electrons. The van der Waals surface area contributed by atoms with Crippen LogP contribution in [0.2, 0.25) is 0 Å². The summed E-state index contributed by atoms with van der Waals surface area (Å²) in [6.07, 6.45) is 0. The third-order valence-corrected chi connectivity index (χ3v) is 4.49. The Morgan fingerprint density at radius 2 is 2.35 bits per heavy atom. The number of benzene rings is 1. The molecule has 17 heavy (non-hydrogen) atoms. The Balaban J connectivity index is 2.39. The Kier molecular flexibility index (Phi) is 3.93. The van der Waals surface area contributed by atoms with Crippen molar-refractivity contribution in [3.05, 3.63) is 32.8 Å². The Bertz CT molecular complexity index is 441. The molecule has 0 saturated carbocycles. The van der Waals surface area contributed by atoms with Crippen molar-refractivity contribution in [1.82, 2.24) is 0 Å². The number of anilines is 1. The maximum Gasteiger partial charge on any atom is 0.293 e. The van der Waals surface area contributed by atoms with E-state index in [4.69, 9.17) is 0 Å². The Hall–Kier alpha value is -0.750. The van der Waals surface area contributed by atoms with Gasteiger partial charge in [0.15, 0.2) is 0 Å². The number of hydrogen-bond donors (Lipinski definition) is 0. The van der Waals surface area contributed by atoms with Gasteiger partial charge in [0.25, 0.3) is 5.69 Å². The van der Waals surface area contributed by atoms with Crippen LogP contribution in [0.1, 0.15) is 6.92 Å². The molecule has 1 fully saturated rings. The van der Waals surface area contributed by atoms with Crippen molar-refractivity contribution in [2.75, 3.05) is 23.0 Å². The van der Waals surface area contributed by atoms with Gasteiger partial charge >= 0.3 is 0 Å². The molecule has 0 radical (unpaired) electrons. The van der Waals surface area contributed by atoms with E-state index in [2.05, 4.69) is 27.8 Å². The van der Waals surface area contributed by atoms with Gasteiger partial charge in [-0.2, -0.15) is 11.8 Å². The van der Waals surface area contributed by atoms with Gasteiger partial charge in [-0.05, 0) is 19.1 Å². The zero-order valence-corrected chi connectivity index (χ0v) is 11.8. The lowest BCUT2D eigenvalue weighted by atomic mass is 10.2. The van der Waals surface area contributed by atoms with Crippen molar-refractivity contribution in [2.24, 2.45) is 0 Å². The molecule has 0 aromatic heterocycles. The van der Waals surface area contributed by atoms with Gasteiger partial charge in [-0.25, -0.2) is 0 Å². The van der Waals surface area contributed by atoms with Gasteiger partial charge in [-0.15, -0.1) is 0 Å². The number of hydrogen-bond acceptors (Lipinski definition) is 4. The van der Waals surface area contributed by atoms with Crippen molar-refractivity contribution in [1.29, 1.82) is 0 Å². The van der Waals surface area contributed by atoms with Gasteiger partial charge in [-0.1, -0.05) is 15.9 Å². The summed E-state index contributed by atoms with van der Waals surface area (Å²) in [7, 11) is 0. The normalized spacial score (nSPS) is 20.4. The molecular formula is C11H13BrN2O2S. The van der Waals surface area contributed by atoms with Gasteiger partial charge < -0.3 is 4.90 Å². The topological polar surface area (TPSA) is 46.4 Å². The summed E-state index contributed by atoms with van der Waals surface area (Å²) in [5, 5.41) is 11.1. The highest BCUT2D eigenvalue weighted by atomic mass is 79.9. The van der Waals surface area contributed by atoms with Crippen LogP contribution in [0.5, 0.6) is 0 Å². The zero-order chi connectivity index (χ0) is 12.4. The molecule has 0 N–H and O–H groups in total. The lowest BCUT2D eigenvalue weighted by Crippen LogP contribution is -2.40. The molecule has 6 heteroatoms. The standard InChI is InChI=1S/C11H13BrN2O2S/c1-8-7-17-5-4-13(8)10-3-2-9(12)6-11(10)14(15)16/h2-3,6,8H,4-5,7H2,1H3. The van der Waals surface area contributed by atoms with Crippen LogP contribution in [-0.4, -0.2) is 29.0 Å². The van der Waals surface area contributed by atoms with E-state index >= 15 is 0 Å². The number of nitro benzene ring substituents is 1. The average Bonchev–Trinajstić information content (AvgIpc) is 2.30. The van der Waals surface area contributed by atoms with Crippen LogP contribution < -0.4 is 4.90 Å². The molecule has 1 aromatic carbocycles. The lowest BCUT2D eigenvalue weighted by Gasteiger charge is -2.34. The second kappa shape index (κ2) is 5.27. The summed E-state index contributed by atoms with van der Waals surface area (Å²) in [5.74, 6) is 2.05. The second-order valence-electron chi connectivity index (χ2n) is 4.01. The molecule has 2 rings (SSSR count). The average molecular weight is 317 g/mol. The number of nitro groups is 1. The first-order valence-corrected chi connectivity index (χ1v) is 7.32. The van der Waals surface area contributed by atoms with Crippen molar-refractivity contribution >= 4 is 39.1 Å². The van der Waals surface area contributed by atoms with Crippen LogP contribution in [0.25, 0.3) is 0 Å². The largest absolute Gasteiger partial charge is 0.362 e. The molecule has 4 nitrogen and oxygen atoms in total. The smallest absolute Gasteiger partial charge is 0.293 e. The van der Waals surface area contributed by atoms with Crippen LogP contribution in [0.15, 0.2) is 22.7 Å². The zero-order valence-electron chi connectivity index (χ0n) is 9.43. The molecule has 1 saturated heterocycles. The first-order valence-electron chi connectivity index (χ1n) is 5.38. The summed E-state index contributed by atoms with van der Waals surface area (Å²) in [6, 6.07) is 5.60. The first-order chi connectivity index (χ1) is 8.09. The molecule has 0 aliphatic carbocycles. The molecule has 0 amide bonds. The highest BCUT2D eigenvalue weighted by molar-refractivity contribution is 9.10. The summed E-state index contributed by atoms with van der Waals surface area (Å²) in [4.78, 5) is 12.9. The molecule has 1 aliphatic rings. The van der Waals surface area contributed by atoms with E-state index in [-0.39, 0.29) is 10.6 Å². The van der Waals surface area contributed by atoms with Crippen molar-refractivity contribution < 1.29 is 4.92 Å². The quantitative estimate of drug-likeness (QED) is 0.620. The van der Waals surface area contributed by atoms with Gasteiger partial charge in [0.2, 0.25) is 0 Å². The van der Waals surface area contributed by atoms with Crippen LogP contribution in [-0.2, 0) is 0 Å². The third-order valence-electron chi connectivity index (χ3n) is 2.81. The van der Waals surface area contributed by atoms with Gasteiger partial charge in [0.05, 0.1) is 4.92 Å². The van der Waals surface area contributed by atoms with E-state index in [1.807, 2.05) is 23.9 Å². The number of thioether (sulfide) groups is 1. The molecule has 1 heterocycles. The van der Waals surface area contributed by atoms with Gasteiger partial charge in [0.1, 0.15) is 5.69 Å². The molecule has 1 atom stereocenters. The summed E-state index contributed by atoms with van der Waals surface area (Å²) in [6.45, 7) is 2.98. The maximum absolute atomic E-state index is 11.1. The predicted octanol–water partition coefficient (Wildman–Crippen LogP) is 3.30. The lowest BCUT2D eigenvalue weighted by molar-refractivity contribution is -0.384. The summed E-state index contributed by atoms with van der Waals surface area (Å²) < 4.78 is 0.743. The number of halogens is 1. The Morgan fingerprint density at radius 1 is 1.59 bits per heavy atom. The van der Waals surface area contributed by atoms with Crippen molar-refractivity contribution in [3.8, 4) is 0 Å². The van der Waals surface area contributed by atoms with Crippen LogP contribution in [0, 0.1) is 10.1 Å². The minimum Gasteiger partial charge on any atom is -0.362 e. The van der Waals surface area contributed by atoms with Crippen LogP contribution in [0.3, 0.4) is 0 Å². The number of rotatable bonds is 2. The van der Waals surface area contributed by atoms with Crippen LogP contribution in [0.4, 0.5) is 11.4 Å². The molecule has 0 bridgehead atoms. The summed E-state index contributed by atoms with van der Waals surface area (Å²) in [5.41, 5.74) is 0.907. The van der Waals surface area contributed by atoms with E-state index in [9.17, 15) is 10.1 Å². The maximum atomic E-state index is 11.1. The Labute approximate surface area is 113 Å². The minimum atomic E-state index is -0.311. The Morgan fingerprint density at radius 3 is 3.00 bits per heavy atom. The van der Waals surface area contributed by atoms with E-state index in [1.54, 1.807) is 6.07 Å². The van der Waals surface area contributed by atoms with E-state index < -0.39 is 0 Å².